The van der Waals surface area contributed by atoms with Crippen LogP contribution < -0.4 is 20.1 Å². The molecular formula is C27H24ClN5O3. The number of methoxy groups -OCH3 is 2. The van der Waals surface area contributed by atoms with Crippen LogP contribution in [0.25, 0.3) is 11.4 Å². The molecule has 182 valence electrons. The molecule has 1 amide bonds. The van der Waals surface area contributed by atoms with Gasteiger partial charge in [0, 0.05) is 21.8 Å². The van der Waals surface area contributed by atoms with E-state index in [-0.39, 0.29) is 5.91 Å². The van der Waals surface area contributed by atoms with Crippen molar-refractivity contribution in [3.63, 3.8) is 0 Å². The number of carbonyl (C=O) groups is 1. The second-order valence-electron chi connectivity index (χ2n) is 8.18. The summed E-state index contributed by atoms with van der Waals surface area (Å²) in [5.41, 5.74) is 3.22. The molecule has 1 aromatic heterocycles. The first-order chi connectivity index (χ1) is 17.5. The lowest BCUT2D eigenvalue weighted by molar-refractivity contribution is -0.113. The quantitative estimate of drug-likeness (QED) is 0.360. The summed E-state index contributed by atoms with van der Waals surface area (Å²) in [6, 6.07) is 21.6. The minimum Gasteiger partial charge on any atom is -0.496 e. The minimum atomic E-state index is -0.604. The number of fused-ring (bicyclic) bond motifs is 1. The van der Waals surface area contributed by atoms with Gasteiger partial charge >= 0.3 is 0 Å². The van der Waals surface area contributed by atoms with E-state index in [1.54, 1.807) is 43.2 Å². The SMILES string of the molecule is COc1ccccc1NC(=O)C1=C(C)Nc2nc(-c3cccc(Cl)c3)nn2C1c1ccccc1OC. The molecule has 0 saturated carbocycles. The van der Waals surface area contributed by atoms with Crippen molar-refractivity contribution in [2.75, 3.05) is 24.9 Å². The van der Waals surface area contributed by atoms with Crippen LogP contribution in [0.15, 0.2) is 84.1 Å². The Morgan fingerprint density at radius 1 is 1.00 bits per heavy atom. The number of halogens is 1. The van der Waals surface area contributed by atoms with Gasteiger partial charge in [0.15, 0.2) is 5.82 Å². The molecule has 1 aliphatic heterocycles. The summed E-state index contributed by atoms with van der Waals surface area (Å²) >= 11 is 6.21. The smallest absolute Gasteiger partial charge is 0.255 e. The van der Waals surface area contributed by atoms with Crippen LogP contribution in [0, 0.1) is 0 Å². The summed E-state index contributed by atoms with van der Waals surface area (Å²) in [7, 11) is 3.17. The Labute approximate surface area is 213 Å². The summed E-state index contributed by atoms with van der Waals surface area (Å²) in [5.74, 6) is 1.88. The number of benzene rings is 3. The first kappa shape index (κ1) is 23.4. The highest BCUT2D eigenvalue weighted by atomic mass is 35.5. The largest absolute Gasteiger partial charge is 0.496 e. The molecule has 0 fully saturated rings. The highest BCUT2D eigenvalue weighted by Gasteiger charge is 2.36. The van der Waals surface area contributed by atoms with E-state index >= 15 is 0 Å². The number of ether oxygens (including phenoxy) is 2. The van der Waals surface area contributed by atoms with Crippen molar-refractivity contribution in [1.82, 2.24) is 14.8 Å². The molecule has 5 rings (SSSR count). The molecule has 8 nitrogen and oxygen atoms in total. The molecule has 9 heteroatoms. The summed E-state index contributed by atoms with van der Waals surface area (Å²) in [4.78, 5) is 18.5. The van der Waals surface area contributed by atoms with Crippen molar-refractivity contribution >= 4 is 29.1 Å². The van der Waals surface area contributed by atoms with E-state index in [9.17, 15) is 4.79 Å². The first-order valence-corrected chi connectivity index (χ1v) is 11.7. The van der Waals surface area contributed by atoms with Gasteiger partial charge in [-0.2, -0.15) is 4.98 Å². The minimum absolute atomic E-state index is 0.300. The number of para-hydroxylation sites is 3. The number of anilines is 2. The molecule has 0 aliphatic carbocycles. The Morgan fingerprint density at radius 2 is 1.72 bits per heavy atom. The normalized spacial score (nSPS) is 14.6. The predicted molar refractivity (Wildman–Crippen MR) is 140 cm³/mol. The molecule has 4 aromatic rings. The second-order valence-corrected chi connectivity index (χ2v) is 8.61. The van der Waals surface area contributed by atoms with Crippen molar-refractivity contribution in [3.05, 3.63) is 94.7 Å². The number of amides is 1. The zero-order valence-corrected chi connectivity index (χ0v) is 20.7. The zero-order valence-electron chi connectivity index (χ0n) is 19.9. The maximum atomic E-state index is 13.8. The van der Waals surface area contributed by atoms with E-state index in [2.05, 4.69) is 10.6 Å². The summed E-state index contributed by atoms with van der Waals surface area (Å²) < 4.78 is 12.8. The summed E-state index contributed by atoms with van der Waals surface area (Å²) in [6.07, 6.45) is 0. The molecule has 2 N–H and O–H groups in total. The van der Waals surface area contributed by atoms with E-state index < -0.39 is 6.04 Å². The van der Waals surface area contributed by atoms with Gasteiger partial charge in [-0.05, 0) is 37.3 Å². The van der Waals surface area contributed by atoms with Gasteiger partial charge in [-0.1, -0.05) is 54.1 Å². The predicted octanol–water partition coefficient (Wildman–Crippen LogP) is 5.54. The fraction of sp³-hybridized carbons (Fsp3) is 0.148. The van der Waals surface area contributed by atoms with Crippen LogP contribution in [0.3, 0.4) is 0 Å². The molecule has 1 aliphatic rings. The number of hydrogen-bond donors (Lipinski definition) is 2. The summed E-state index contributed by atoms with van der Waals surface area (Å²) in [5, 5.41) is 11.6. The van der Waals surface area contributed by atoms with Crippen LogP contribution in [-0.4, -0.2) is 34.9 Å². The van der Waals surface area contributed by atoms with E-state index in [1.165, 1.54) is 0 Å². The average Bonchev–Trinajstić information content (AvgIpc) is 3.32. The lowest BCUT2D eigenvalue weighted by Crippen LogP contribution is -2.31. The van der Waals surface area contributed by atoms with Gasteiger partial charge < -0.3 is 20.1 Å². The van der Waals surface area contributed by atoms with Crippen LogP contribution in [0.2, 0.25) is 5.02 Å². The zero-order chi connectivity index (χ0) is 25.2. The molecule has 0 spiro atoms. The number of carbonyl (C=O) groups excluding carboxylic acids is 1. The Balaban J connectivity index is 1.64. The third kappa shape index (κ3) is 4.27. The summed E-state index contributed by atoms with van der Waals surface area (Å²) in [6.45, 7) is 1.84. The fourth-order valence-corrected chi connectivity index (χ4v) is 4.50. The molecular weight excluding hydrogens is 478 g/mol. The van der Waals surface area contributed by atoms with Gasteiger partial charge in [-0.3, -0.25) is 4.79 Å². The maximum Gasteiger partial charge on any atom is 0.255 e. The van der Waals surface area contributed by atoms with Crippen molar-refractivity contribution < 1.29 is 14.3 Å². The van der Waals surface area contributed by atoms with Crippen LogP contribution in [0.1, 0.15) is 18.5 Å². The number of nitrogens with zero attached hydrogens (tertiary/aromatic N) is 3. The lowest BCUT2D eigenvalue weighted by atomic mass is 9.94. The Hall–Kier alpha value is -4.30. The highest BCUT2D eigenvalue weighted by Crippen LogP contribution is 2.40. The van der Waals surface area contributed by atoms with Crippen molar-refractivity contribution in [2.24, 2.45) is 0 Å². The maximum absolute atomic E-state index is 13.8. The molecule has 0 saturated heterocycles. The third-order valence-electron chi connectivity index (χ3n) is 5.97. The number of hydrogen-bond acceptors (Lipinski definition) is 6. The van der Waals surface area contributed by atoms with Crippen molar-refractivity contribution in [1.29, 1.82) is 0 Å². The third-order valence-corrected chi connectivity index (χ3v) is 6.20. The van der Waals surface area contributed by atoms with Crippen LogP contribution >= 0.6 is 11.6 Å². The monoisotopic (exact) mass is 501 g/mol. The van der Waals surface area contributed by atoms with Gasteiger partial charge in [0.1, 0.15) is 17.5 Å². The second kappa shape index (κ2) is 9.75. The van der Waals surface area contributed by atoms with Gasteiger partial charge in [0.05, 0.1) is 25.5 Å². The Kier molecular flexibility index (Phi) is 6.35. The van der Waals surface area contributed by atoms with E-state index in [0.717, 1.165) is 11.1 Å². The van der Waals surface area contributed by atoms with Gasteiger partial charge in [-0.15, -0.1) is 5.10 Å². The molecule has 36 heavy (non-hydrogen) atoms. The average molecular weight is 502 g/mol. The first-order valence-electron chi connectivity index (χ1n) is 11.3. The number of nitrogens with one attached hydrogen (secondary N) is 2. The fourth-order valence-electron chi connectivity index (χ4n) is 4.31. The van der Waals surface area contributed by atoms with Gasteiger partial charge in [-0.25, -0.2) is 4.68 Å². The van der Waals surface area contributed by atoms with E-state index in [0.29, 0.717) is 45.3 Å². The van der Waals surface area contributed by atoms with Gasteiger partial charge in [0.25, 0.3) is 5.91 Å². The van der Waals surface area contributed by atoms with Crippen LogP contribution in [0.4, 0.5) is 11.6 Å². The van der Waals surface area contributed by atoms with Crippen LogP contribution in [0.5, 0.6) is 11.5 Å². The number of aromatic nitrogens is 3. The molecule has 0 bridgehead atoms. The van der Waals surface area contributed by atoms with Gasteiger partial charge in [0.2, 0.25) is 5.95 Å². The standard InChI is InChI=1S/C27H24ClN5O3/c1-16-23(26(34)30-20-12-5-7-14-22(20)36-3)24(19-11-4-6-13-21(19)35-2)33-27(29-16)31-25(32-33)17-9-8-10-18(28)15-17/h4-15,24H,1-3H3,(H,30,34)(H,29,31,32). The number of rotatable bonds is 6. The Bertz CT molecular complexity index is 1480. The molecule has 1 unspecified atom stereocenters. The molecule has 2 heterocycles. The van der Waals surface area contributed by atoms with Crippen LogP contribution in [-0.2, 0) is 4.79 Å². The number of allylic oxidation sites excluding steroid dienone is 1. The van der Waals surface area contributed by atoms with E-state index in [4.69, 9.17) is 31.2 Å². The highest BCUT2D eigenvalue weighted by molar-refractivity contribution is 6.30. The van der Waals surface area contributed by atoms with Crippen molar-refractivity contribution in [3.8, 4) is 22.9 Å². The van der Waals surface area contributed by atoms with E-state index in [1.807, 2.05) is 55.5 Å². The van der Waals surface area contributed by atoms with Crippen molar-refractivity contribution in [2.45, 2.75) is 13.0 Å². The molecule has 0 radical (unpaired) electrons. The molecule has 3 aromatic carbocycles. The Morgan fingerprint density at radius 3 is 2.47 bits per heavy atom. The topological polar surface area (TPSA) is 90.3 Å². The lowest BCUT2D eigenvalue weighted by Gasteiger charge is -2.29. The molecule has 1 atom stereocenters.